The summed E-state index contributed by atoms with van der Waals surface area (Å²) in [5, 5.41) is 4.76. The number of carbonyl (C=O) groups excluding carboxylic acids is 1. The number of nitrogens with zero attached hydrogens (tertiary/aromatic N) is 3. The Hall–Kier alpha value is -2.47. The first kappa shape index (κ1) is 12.6. The van der Waals surface area contributed by atoms with E-state index in [-0.39, 0.29) is 5.91 Å². The quantitative estimate of drug-likeness (QED) is 0.804. The van der Waals surface area contributed by atoms with Gasteiger partial charge < -0.3 is 5.32 Å². The second-order valence-electron chi connectivity index (χ2n) is 4.15. The summed E-state index contributed by atoms with van der Waals surface area (Å²) in [5.41, 5.74) is 0.659. The van der Waals surface area contributed by atoms with Crippen molar-refractivity contribution < 1.29 is 4.79 Å². The van der Waals surface area contributed by atoms with Crippen molar-refractivity contribution in [3.8, 4) is 5.82 Å². The number of amides is 1. The molecule has 0 saturated heterocycles. The van der Waals surface area contributed by atoms with Gasteiger partial charge in [0.25, 0.3) is 5.91 Å². The number of aryl methyl sites for hydroxylation is 1. The van der Waals surface area contributed by atoms with Gasteiger partial charge in [-0.15, -0.1) is 11.3 Å². The minimum absolute atomic E-state index is 0.132. The summed E-state index contributed by atoms with van der Waals surface area (Å²) in [6, 6.07) is 7.26. The Morgan fingerprint density at radius 1 is 1.25 bits per heavy atom. The third-order valence-electron chi connectivity index (χ3n) is 2.83. The summed E-state index contributed by atoms with van der Waals surface area (Å²) < 4.78 is 1.84. The Bertz CT molecular complexity index is 733. The highest BCUT2D eigenvalue weighted by molar-refractivity contribution is 7.12. The van der Waals surface area contributed by atoms with Crippen LogP contribution in [0, 0.1) is 6.92 Å². The van der Waals surface area contributed by atoms with E-state index in [1.807, 2.05) is 35.2 Å². The largest absolute Gasteiger partial charge is 0.318 e. The molecule has 0 fully saturated rings. The van der Waals surface area contributed by atoms with E-state index in [1.165, 1.54) is 11.3 Å². The topological polar surface area (TPSA) is 59.8 Å². The number of anilines is 1. The van der Waals surface area contributed by atoms with Crippen molar-refractivity contribution in [2.75, 3.05) is 5.32 Å². The first-order valence-electron chi connectivity index (χ1n) is 6.06. The molecule has 1 amide bonds. The fourth-order valence-electron chi connectivity index (χ4n) is 1.88. The van der Waals surface area contributed by atoms with Crippen LogP contribution < -0.4 is 5.32 Å². The van der Waals surface area contributed by atoms with Crippen LogP contribution in [0.3, 0.4) is 0 Å². The number of aromatic nitrogens is 3. The fraction of sp³-hybridized carbons (Fsp3) is 0.0714. The van der Waals surface area contributed by atoms with Crippen LogP contribution in [0.5, 0.6) is 0 Å². The molecule has 100 valence electrons. The molecule has 0 aliphatic rings. The first-order chi connectivity index (χ1) is 9.75. The van der Waals surface area contributed by atoms with Gasteiger partial charge in [-0.3, -0.25) is 9.36 Å². The number of carbonyl (C=O) groups is 1. The van der Waals surface area contributed by atoms with Crippen molar-refractivity contribution >= 4 is 22.9 Å². The van der Waals surface area contributed by atoms with Gasteiger partial charge >= 0.3 is 0 Å². The minimum atomic E-state index is -0.132. The lowest BCUT2D eigenvalue weighted by Crippen LogP contribution is -2.13. The molecule has 3 rings (SSSR count). The molecule has 0 aliphatic carbocycles. The molecule has 0 aromatic carbocycles. The SMILES string of the molecule is Cc1nccn1-c1ncccc1NC(=O)c1cccs1. The maximum absolute atomic E-state index is 12.1. The van der Waals surface area contributed by atoms with Gasteiger partial charge in [0.05, 0.1) is 10.6 Å². The van der Waals surface area contributed by atoms with E-state index in [1.54, 1.807) is 24.5 Å². The maximum Gasteiger partial charge on any atom is 0.265 e. The molecule has 0 unspecified atom stereocenters. The second-order valence-corrected chi connectivity index (χ2v) is 5.10. The van der Waals surface area contributed by atoms with Crippen molar-refractivity contribution in [1.29, 1.82) is 0 Å². The lowest BCUT2D eigenvalue weighted by Gasteiger charge is -2.11. The smallest absolute Gasteiger partial charge is 0.265 e. The van der Waals surface area contributed by atoms with Crippen molar-refractivity contribution in [3.05, 3.63) is 58.9 Å². The fourth-order valence-corrected chi connectivity index (χ4v) is 2.50. The molecule has 3 heterocycles. The average molecular weight is 284 g/mol. The van der Waals surface area contributed by atoms with E-state index in [9.17, 15) is 4.79 Å². The molecule has 0 radical (unpaired) electrons. The highest BCUT2D eigenvalue weighted by atomic mass is 32.1. The van der Waals surface area contributed by atoms with Crippen molar-refractivity contribution in [2.24, 2.45) is 0 Å². The van der Waals surface area contributed by atoms with Crippen LogP contribution >= 0.6 is 11.3 Å². The molecule has 3 aromatic heterocycles. The van der Waals surface area contributed by atoms with Crippen molar-refractivity contribution in [3.63, 3.8) is 0 Å². The van der Waals surface area contributed by atoms with Crippen LogP contribution in [0.15, 0.2) is 48.2 Å². The van der Waals surface area contributed by atoms with Gasteiger partial charge in [0.15, 0.2) is 5.82 Å². The number of imidazole rings is 1. The van der Waals surface area contributed by atoms with E-state index >= 15 is 0 Å². The average Bonchev–Trinajstić information content (AvgIpc) is 3.10. The Morgan fingerprint density at radius 3 is 2.85 bits per heavy atom. The van der Waals surface area contributed by atoms with E-state index < -0.39 is 0 Å². The van der Waals surface area contributed by atoms with Crippen LogP contribution in [0.4, 0.5) is 5.69 Å². The highest BCUT2D eigenvalue weighted by Gasteiger charge is 2.12. The lowest BCUT2D eigenvalue weighted by molar-refractivity contribution is 0.103. The Labute approximate surface area is 119 Å². The summed E-state index contributed by atoms with van der Waals surface area (Å²) >= 11 is 1.41. The van der Waals surface area contributed by atoms with Crippen LogP contribution in [0.25, 0.3) is 5.82 Å². The zero-order valence-corrected chi connectivity index (χ0v) is 11.6. The van der Waals surface area contributed by atoms with Crippen LogP contribution in [-0.4, -0.2) is 20.4 Å². The zero-order valence-electron chi connectivity index (χ0n) is 10.8. The van der Waals surface area contributed by atoms with Gasteiger partial charge in [-0.1, -0.05) is 6.07 Å². The summed E-state index contributed by atoms with van der Waals surface area (Å²) in [5.74, 6) is 1.34. The van der Waals surface area contributed by atoms with Crippen molar-refractivity contribution in [2.45, 2.75) is 6.92 Å². The lowest BCUT2D eigenvalue weighted by atomic mass is 10.3. The van der Waals surface area contributed by atoms with E-state index in [0.717, 1.165) is 5.82 Å². The molecule has 0 spiro atoms. The van der Waals surface area contributed by atoms with Gasteiger partial charge in [-0.25, -0.2) is 9.97 Å². The molecular formula is C14H12N4OS. The molecule has 0 saturated carbocycles. The molecular weight excluding hydrogens is 272 g/mol. The Morgan fingerprint density at radius 2 is 2.15 bits per heavy atom. The van der Waals surface area contributed by atoms with Crippen molar-refractivity contribution in [1.82, 2.24) is 14.5 Å². The van der Waals surface area contributed by atoms with Crippen LogP contribution in [-0.2, 0) is 0 Å². The van der Waals surface area contributed by atoms with E-state index in [2.05, 4.69) is 15.3 Å². The second kappa shape index (κ2) is 5.26. The Kier molecular flexibility index (Phi) is 3.30. The summed E-state index contributed by atoms with van der Waals surface area (Å²) in [6.45, 7) is 1.89. The predicted molar refractivity (Wildman–Crippen MR) is 78.4 cm³/mol. The molecule has 1 N–H and O–H groups in total. The Balaban J connectivity index is 1.95. The predicted octanol–water partition coefficient (Wildman–Crippen LogP) is 2.89. The van der Waals surface area contributed by atoms with Gasteiger partial charge in [0.1, 0.15) is 5.82 Å². The molecule has 3 aromatic rings. The number of nitrogens with one attached hydrogen (secondary N) is 1. The summed E-state index contributed by atoms with van der Waals surface area (Å²) in [6.07, 6.45) is 5.21. The van der Waals surface area contributed by atoms with Crippen LogP contribution in [0.1, 0.15) is 15.5 Å². The summed E-state index contributed by atoms with van der Waals surface area (Å²) in [7, 11) is 0. The molecule has 0 aliphatic heterocycles. The van der Waals surface area contributed by atoms with Gasteiger partial charge in [-0.2, -0.15) is 0 Å². The third-order valence-corrected chi connectivity index (χ3v) is 3.70. The maximum atomic E-state index is 12.1. The normalized spacial score (nSPS) is 10.4. The van der Waals surface area contributed by atoms with Crippen LogP contribution in [0.2, 0.25) is 0 Å². The third kappa shape index (κ3) is 2.33. The monoisotopic (exact) mass is 284 g/mol. The van der Waals surface area contributed by atoms with E-state index in [4.69, 9.17) is 0 Å². The molecule has 5 nitrogen and oxygen atoms in total. The first-order valence-corrected chi connectivity index (χ1v) is 6.94. The van der Waals surface area contributed by atoms with Gasteiger partial charge in [0.2, 0.25) is 0 Å². The molecule has 20 heavy (non-hydrogen) atoms. The summed E-state index contributed by atoms with van der Waals surface area (Å²) in [4.78, 5) is 21.3. The zero-order chi connectivity index (χ0) is 13.9. The number of rotatable bonds is 3. The van der Waals surface area contributed by atoms with Gasteiger partial charge in [0, 0.05) is 18.6 Å². The standard InChI is InChI=1S/C14H12N4OS/c1-10-15-7-8-18(10)13-11(4-2-6-16-13)17-14(19)12-5-3-9-20-12/h2-9H,1H3,(H,17,19). The number of pyridine rings is 1. The highest BCUT2D eigenvalue weighted by Crippen LogP contribution is 2.20. The van der Waals surface area contributed by atoms with Gasteiger partial charge in [-0.05, 0) is 30.5 Å². The number of hydrogen-bond donors (Lipinski definition) is 1. The minimum Gasteiger partial charge on any atom is -0.318 e. The molecule has 0 bridgehead atoms. The molecule has 6 heteroatoms. The molecule has 0 atom stereocenters. The number of thiophene rings is 1. The number of hydrogen-bond acceptors (Lipinski definition) is 4. The van der Waals surface area contributed by atoms with E-state index in [0.29, 0.717) is 16.4 Å².